The van der Waals surface area contributed by atoms with Crippen LogP contribution in [-0.4, -0.2) is 22.2 Å². The first-order valence-electron chi connectivity index (χ1n) is 6.90. The van der Waals surface area contributed by atoms with Crippen molar-refractivity contribution in [3.63, 3.8) is 0 Å². The number of benzene rings is 1. The molecule has 23 heavy (non-hydrogen) atoms. The number of carbonyl (C=O) groups is 2. The van der Waals surface area contributed by atoms with Crippen LogP contribution in [0.25, 0.3) is 6.08 Å². The second-order valence-corrected chi connectivity index (χ2v) is 4.79. The lowest BCUT2D eigenvalue weighted by atomic mass is 10.2. The number of amides is 1. The maximum absolute atomic E-state index is 11.8. The van der Waals surface area contributed by atoms with E-state index in [9.17, 15) is 9.59 Å². The molecule has 0 saturated carbocycles. The third kappa shape index (κ3) is 5.28. The lowest BCUT2D eigenvalue weighted by molar-refractivity contribution is -0.131. The van der Waals surface area contributed by atoms with Crippen LogP contribution >= 0.6 is 0 Å². The monoisotopic (exact) mass is 312 g/mol. The average molecular weight is 312 g/mol. The predicted octanol–water partition coefficient (Wildman–Crippen LogP) is 3.24. The minimum Gasteiger partial charge on any atom is -0.478 e. The van der Waals surface area contributed by atoms with Crippen LogP contribution in [0, 0.1) is 6.92 Å². The predicted molar refractivity (Wildman–Crippen MR) is 85.9 cm³/mol. The molecular weight excluding hydrogens is 296 g/mol. The Labute approximate surface area is 133 Å². The Kier molecular flexibility index (Phi) is 5.46. The molecule has 0 fully saturated rings. The Bertz CT molecular complexity index is 727. The molecule has 2 N–H and O–H groups in total. The summed E-state index contributed by atoms with van der Waals surface area (Å²) in [6.07, 6.45) is 3.33. The Morgan fingerprint density at radius 3 is 2.70 bits per heavy atom. The fraction of sp³-hybridized carbons (Fsp3) is 0.118. The van der Waals surface area contributed by atoms with Gasteiger partial charge in [-0.25, -0.2) is 14.6 Å². The highest BCUT2D eigenvalue weighted by Crippen LogP contribution is 2.14. The maximum atomic E-state index is 11.8. The summed E-state index contributed by atoms with van der Waals surface area (Å²) in [6, 6.07) is 11.1. The Balaban J connectivity index is 1.94. The van der Waals surface area contributed by atoms with E-state index in [0.717, 1.165) is 11.6 Å². The van der Waals surface area contributed by atoms with Gasteiger partial charge in [0.2, 0.25) is 0 Å². The number of nitrogens with zero attached hydrogens (tertiary/aromatic N) is 1. The lowest BCUT2D eigenvalue weighted by Crippen LogP contribution is -2.15. The summed E-state index contributed by atoms with van der Waals surface area (Å²) >= 11 is 0. The van der Waals surface area contributed by atoms with Crippen LogP contribution in [0.4, 0.5) is 10.6 Å². The number of aryl methyl sites for hydroxylation is 1. The van der Waals surface area contributed by atoms with Crippen molar-refractivity contribution in [3.8, 4) is 0 Å². The number of carboxylic acids is 1. The van der Waals surface area contributed by atoms with Gasteiger partial charge in [0, 0.05) is 12.3 Å². The summed E-state index contributed by atoms with van der Waals surface area (Å²) in [7, 11) is 0. The molecule has 0 aliphatic rings. The van der Waals surface area contributed by atoms with Crippen LogP contribution in [0.2, 0.25) is 0 Å². The number of carbonyl (C=O) groups excluding carboxylic acids is 1. The molecule has 6 nitrogen and oxygen atoms in total. The topological polar surface area (TPSA) is 88.5 Å². The van der Waals surface area contributed by atoms with Crippen molar-refractivity contribution < 1.29 is 19.4 Å². The maximum Gasteiger partial charge on any atom is 0.413 e. The summed E-state index contributed by atoms with van der Waals surface area (Å²) in [6.45, 7) is 1.93. The van der Waals surface area contributed by atoms with E-state index < -0.39 is 12.1 Å². The van der Waals surface area contributed by atoms with Gasteiger partial charge in [-0.3, -0.25) is 5.32 Å². The number of anilines is 1. The van der Waals surface area contributed by atoms with Crippen molar-refractivity contribution >= 4 is 24.0 Å². The Hall–Kier alpha value is -3.15. The zero-order valence-electron chi connectivity index (χ0n) is 12.5. The second kappa shape index (κ2) is 7.74. The van der Waals surface area contributed by atoms with Crippen LogP contribution in [0.5, 0.6) is 0 Å². The number of pyridine rings is 1. The molecule has 0 spiro atoms. The highest BCUT2D eigenvalue weighted by Gasteiger charge is 2.07. The van der Waals surface area contributed by atoms with Crippen molar-refractivity contribution in [2.45, 2.75) is 13.5 Å². The van der Waals surface area contributed by atoms with Gasteiger partial charge in [-0.15, -0.1) is 0 Å². The smallest absolute Gasteiger partial charge is 0.413 e. The molecular formula is C17H16N2O4. The summed E-state index contributed by atoms with van der Waals surface area (Å²) in [5.41, 5.74) is 2.23. The first-order chi connectivity index (χ1) is 11.0. The number of aliphatic carboxylic acids is 1. The molecule has 1 aromatic heterocycles. The molecule has 0 bridgehead atoms. The number of carboxylic acid groups (broad SMARTS) is 1. The number of nitrogens with one attached hydrogen (secondary N) is 1. The lowest BCUT2D eigenvalue weighted by Gasteiger charge is -2.09. The normalized spacial score (nSPS) is 10.5. The van der Waals surface area contributed by atoms with E-state index in [2.05, 4.69) is 10.3 Å². The summed E-state index contributed by atoms with van der Waals surface area (Å²) in [4.78, 5) is 26.3. The third-order valence-electron chi connectivity index (χ3n) is 2.95. The minimum atomic E-state index is -1.03. The zero-order valence-corrected chi connectivity index (χ0v) is 12.5. The molecule has 118 valence electrons. The molecule has 0 unspecified atom stereocenters. The molecule has 2 aromatic rings. The first-order valence-corrected chi connectivity index (χ1v) is 6.90. The van der Waals surface area contributed by atoms with Crippen LogP contribution in [0.3, 0.4) is 0 Å². The van der Waals surface area contributed by atoms with Crippen molar-refractivity contribution in [1.82, 2.24) is 4.98 Å². The summed E-state index contributed by atoms with van der Waals surface area (Å²) < 4.78 is 5.11. The summed E-state index contributed by atoms with van der Waals surface area (Å²) in [5.74, 6) is -0.662. The van der Waals surface area contributed by atoms with Gasteiger partial charge in [0.15, 0.2) is 0 Å². The van der Waals surface area contributed by atoms with Crippen molar-refractivity contribution in [2.24, 2.45) is 0 Å². The SMILES string of the molecule is Cc1cc(/C=C/C(=O)O)cnc1NC(=O)OCc1ccccc1. The molecule has 0 aliphatic carbocycles. The van der Waals surface area contributed by atoms with E-state index in [4.69, 9.17) is 9.84 Å². The van der Waals surface area contributed by atoms with Crippen LogP contribution < -0.4 is 5.32 Å². The molecule has 0 saturated heterocycles. The van der Waals surface area contributed by atoms with Gasteiger partial charge >= 0.3 is 12.1 Å². The van der Waals surface area contributed by atoms with Gasteiger partial charge in [0.05, 0.1) is 0 Å². The molecule has 1 heterocycles. The molecule has 0 aliphatic heterocycles. The number of ether oxygens (including phenoxy) is 1. The zero-order chi connectivity index (χ0) is 16.7. The summed E-state index contributed by atoms with van der Waals surface area (Å²) in [5, 5.41) is 11.1. The number of aromatic nitrogens is 1. The van der Waals surface area contributed by atoms with Gasteiger partial charge < -0.3 is 9.84 Å². The highest BCUT2D eigenvalue weighted by atomic mass is 16.5. The molecule has 1 aromatic carbocycles. The van der Waals surface area contributed by atoms with Gasteiger partial charge in [-0.05, 0) is 35.8 Å². The fourth-order valence-electron chi connectivity index (χ4n) is 1.84. The van der Waals surface area contributed by atoms with Crippen LogP contribution in [0.1, 0.15) is 16.7 Å². The molecule has 0 radical (unpaired) electrons. The Morgan fingerprint density at radius 2 is 2.04 bits per heavy atom. The standard InChI is InChI=1S/C17H16N2O4/c1-12-9-14(7-8-15(20)21)10-18-16(12)19-17(22)23-11-13-5-3-2-4-6-13/h2-10H,11H2,1H3,(H,20,21)(H,18,19,22)/b8-7+. The van der Waals surface area contributed by atoms with E-state index in [-0.39, 0.29) is 6.61 Å². The van der Waals surface area contributed by atoms with Gasteiger partial charge in [-0.1, -0.05) is 30.3 Å². The Morgan fingerprint density at radius 1 is 1.30 bits per heavy atom. The third-order valence-corrected chi connectivity index (χ3v) is 2.95. The minimum absolute atomic E-state index is 0.172. The van der Waals surface area contributed by atoms with Gasteiger partial charge in [-0.2, -0.15) is 0 Å². The van der Waals surface area contributed by atoms with E-state index in [1.54, 1.807) is 13.0 Å². The highest BCUT2D eigenvalue weighted by molar-refractivity contribution is 5.86. The average Bonchev–Trinajstić information content (AvgIpc) is 2.54. The molecule has 2 rings (SSSR count). The van der Waals surface area contributed by atoms with E-state index in [1.807, 2.05) is 30.3 Å². The fourth-order valence-corrected chi connectivity index (χ4v) is 1.84. The number of hydrogen-bond donors (Lipinski definition) is 2. The number of rotatable bonds is 5. The van der Waals surface area contributed by atoms with E-state index in [1.165, 1.54) is 12.3 Å². The molecule has 6 heteroatoms. The van der Waals surface area contributed by atoms with Gasteiger partial charge in [0.1, 0.15) is 12.4 Å². The van der Waals surface area contributed by atoms with Gasteiger partial charge in [0.25, 0.3) is 0 Å². The quantitative estimate of drug-likeness (QED) is 0.827. The van der Waals surface area contributed by atoms with E-state index in [0.29, 0.717) is 16.9 Å². The van der Waals surface area contributed by atoms with Crippen LogP contribution in [-0.2, 0) is 16.1 Å². The second-order valence-electron chi connectivity index (χ2n) is 4.79. The van der Waals surface area contributed by atoms with E-state index >= 15 is 0 Å². The van der Waals surface area contributed by atoms with Crippen molar-refractivity contribution in [1.29, 1.82) is 0 Å². The number of hydrogen-bond acceptors (Lipinski definition) is 4. The van der Waals surface area contributed by atoms with Crippen molar-refractivity contribution in [2.75, 3.05) is 5.32 Å². The largest absolute Gasteiger partial charge is 0.478 e. The first kappa shape index (κ1) is 16.2. The molecule has 1 amide bonds. The van der Waals surface area contributed by atoms with Crippen molar-refractivity contribution in [3.05, 3.63) is 65.4 Å². The molecule has 0 atom stereocenters. The van der Waals surface area contributed by atoms with Crippen LogP contribution in [0.15, 0.2) is 48.7 Å².